The Balaban J connectivity index is 2.30. The first-order valence-electron chi connectivity index (χ1n) is 3.32. The molecular formula is C7H8N2O. The van der Waals surface area contributed by atoms with Gasteiger partial charge in [-0.1, -0.05) is 11.2 Å². The van der Waals surface area contributed by atoms with Crippen LogP contribution in [0.1, 0.15) is 6.92 Å². The molecule has 0 aliphatic carbocycles. The molecule has 10 heavy (non-hydrogen) atoms. The van der Waals surface area contributed by atoms with Gasteiger partial charge in [-0.2, -0.15) is 0 Å². The largest absolute Gasteiger partial charge is 0.390 e. The minimum absolute atomic E-state index is 0.156. The molecule has 2 unspecified atom stereocenters. The normalized spacial score (nSPS) is 35.1. The van der Waals surface area contributed by atoms with Crippen molar-refractivity contribution in [1.29, 1.82) is 0 Å². The van der Waals surface area contributed by atoms with Crippen molar-refractivity contribution in [3.8, 4) is 0 Å². The van der Waals surface area contributed by atoms with E-state index in [1.807, 2.05) is 13.0 Å². The molecule has 0 amide bonds. The van der Waals surface area contributed by atoms with E-state index in [2.05, 4.69) is 16.2 Å². The molecular weight excluding hydrogens is 128 g/mol. The third kappa shape index (κ3) is 0.667. The van der Waals surface area contributed by atoms with Crippen LogP contribution in [0, 0.1) is 5.92 Å². The summed E-state index contributed by atoms with van der Waals surface area (Å²) < 4.78 is 0. The molecule has 3 heteroatoms. The summed E-state index contributed by atoms with van der Waals surface area (Å²) in [4.78, 5) is 9.08. The van der Waals surface area contributed by atoms with Crippen molar-refractivity contribution < 1.29 is 4.84 Å². The smallest absolute Gasteiger partial charge is 0.178 e. The molecule has 0 saturated carbocycles. The van der Waals surface area contributed by atoms with Gasteiger partial charge in [0, 0.05) is 6.21 Å². The van der Waals surface area contributed by atoms with Gasteiger partial charge in [0.2, 0.25) is 0 Å². The van der Waals surface area contributed by atoms with Crippen molar-refractivity contribution in [1.82, 2.24) is 0 Å². The van der Waals surface area contributed by atoms with Crippen LogP contribution in [-0.2, 0) is 4.84 Å². The van der Waals surface area contributed by atoms with Crippen LogP contribution in [0.2, 0.25) is 0 Å². The summed E-state index contributed by atoms with van der Waals surface area (Å²) in [6.07, 6.45) is 5.87. The molecule has 2 heterocycles. The molecule has 0 N–H and O–H groups in total. The topological polar surface area (TPSA) is 34.0 Å². The summed E-state index contributed by atoms with van der Waals surface area (Å²) in [6.45, 7) is 1.99. The number of allylic oxidation sites excluding steroid dienone is 1. The summed E-state index contributed by atoms with van der Waals surface area (Å²) in [5.74, 6) is 1.08. The molecule has 2 rings (SSSR count). The second-order valence-corrected chi connectivity index (χ2v) is 2.45. The van der Waals surface area contributed by atoms with Crippen molar-refractivity contribution >= 4 is 12.1 Å². The Bertz CT molecular complexity index is 230. The van der Waals surface area contributed by atoms with Gasteiger partial charge in [-0.05, 0) is 13.0 Å². The van der Waals surface area contributed by atoms with Gasteiger partial charge in [-0.25, -0.2) is 4.99 Å². The van der Waals surface area contributed by atoms with Gasteiger partial charge in [-0.3, -0.25) is 0 Å². The molecule has 0 aromatic carbocycles. The van der Waals surface area contributed by atoms with Crippen LogP contribution in [-0.4, -0.2) is 18.2 Å². The lowest BCUT2D eigenvalue weighted by Crippen LogP contribution is -2.18. The van der Waals surface area contributed by atoms with Crippen LogP contribution in [0.5, 0.6) is 0 Å². The zero-order valence-corrected chi connectivity index (χ0v) is 5.69. The zero-order chi connectivity index (χ0) is 6.97. The molecule has 3 nitrogen and oxygen atoms in total. The van der Waals surface area contributed by atoms with Crippen LogP contribution in [0.3, 0.4) is 0 Å². The van der Waals surface area contributed by atoms with E-state index >= 15 is 0 Å². The predicted molar refractivity (Wildman–Crippen MR) is 39.1 cm³/mol. The minimum atomic E-state index is 0.156. The number of nitrogens with zero attached hydrogens (tertiary/aromatic N) is 2. The van der Waals surface area contributed by atoms with Gasteiger partial charge >= 0.3 is 0 Å². The van der Waals surface area contributed by atoms with E-state index in [0.717, 1.165) is 5.84 Å². The van der Waals surface area contributed by atoms with Gasteiger partial charge in [0.1, 0.15) is 6.10 Å². The first-order chi connectivity index (χ1) is 4.88. The average molecular weight is 136 g/mol. The molecule has 2 atom stereocenters. The maximum Gasteiger partial charge on any atom is 0.178 e. The van der Waals surface area contributed by atoms with Crippen LogP contribution in [0.15, 0.2) is 22.3 Å². The molecule has 0 aromatic rings. The molecule has 0 aromatic heterocycles. The van der Waals surface area contributed by atoms with Gasteiger partial charge < -0.3 is 4.84 Å². The predicted octanol–water partition coefficient (Wildman–Crippen LogP) is 0.975. The van der Waals surface area contributed by atoms with Gasteiger partial charge in [0.05, 0.1) is 5.92 Å². The van der Waals surface area contributed by atoms with Crippen molar-refractivity contribution in [2.75, 3.05) is 0 Å². The Kier molecular flexibility index (Phi) is 1.09. The Morgan fingerprint density at radius 2 is 2.50 bits per heavy atom. The molecule has 0 radical (unpaired) electrons. The number of dihydropyridines is 1. The summed E-state index contributed by atoms with van der Waals surface area (Å²) in [7, 11) is 0. The molecule has 0 fully saturated rings. The second kappa shape index (κ2) is 1.94. The number of hydrogen-bond acceptors (Lipinski definition) is 3. The van der Waals surface area contributed by atoms with Crippen LogP contribution >= 0.6 is 0 Å². The lowest BCUT2D eigenvalue weighted by Gasteiger charge is -2.08. The Morgan fingerprint density at radius 1 is 1.60 bits per heavy atom. The SMILES string of the molecule is CC1ON=C2N=CC=CC21. The number of fused-ring (bicyclic) bond motifs is 1. The zero-order valence-electron chi connectivity index (χ0n) is 5.69. The van der Waals surface area contributed by atoms with Crippen molar-refractivity contribution in [2.24, 2.45) is 16.1 Å². The highest BCUT2D eigenvalue weighted by atomic mass is 16.6. The van der Waals surface area contributed by atoms with E-state index in [-0.39, 0.29) is 12.0 Å². The number of hydrogen-bond donors (Lipinski definition) is 0. The van der Waals surface area contributed by atoms with E-state index in [4.69, 9.17) is 4.84 Å². The Hall–Kier alpha value is -1.12. The van der Waals surface area contributed by atoms with Gasteiger partial charge in [0.15, 0.2) is 5.84 Å². The number of aliphatic imine (C=N–C) groups is 1. The quantitative estimate of drug-likeness (QED) is 0.488. The summed E-state index contributed by atoms with van der Waals surface area (Å²) in [5.41, 5.74) is 0. The molecule has 2 aliphatic heterocycles. The molecule has 0 spiro atoms. The van der Waals surface area contributed by atoms with Gasteiger partial charge in [-0.15, -0.1) is 0 Å². The van der Waals surface area contributed by atoms with Crippen molar-refractivity contribution in [3.63, 3.8) is 0 Å². The molecule has 0 bridgehead atoms. The third-order valence-corrected chi connectivity index (χ3v) is 1.73. The maximum absolute atomic E-state index is 5.02. The summed E-state index contributed by atoms with van der Waals surface area (Å²) in [5, 5.41) is 3.81. The van der Waals surface area contributed by atoms with Crippen LogP contribution < -0.4 is 0 Å². The van der Waals surface area contributed by atoms with E-state index in [1.165, 1.54) is 0 Å². The Labute approximate surface area is 59.1 Å². The molecule has 0 saturated heterocycles. The van der Waals surface area contributed by atoms with E-state index < -0.39 is 0 Å². The number of amidine groups is 1. The average Bonchev–Trinajstić information content (AvgIpc) is 2.34. The highest BCUT2D eigenvalue weighted by Gasteiger charge is 2.28. The van der Waals surface area contributed by atoms with Crippen LogP contribution in [0.25, 0.3) is 0 Å². The second-order valence-electron chi connectivity index (χ2n) is 2.45. The third-order valence-electron chi connectivity index (χ3n) is 1.73. The first-order valence-corrected chi connectivity index (χ1v) is 3.32. The number of rotatable bonds is 0. The van der Waals surface area contributed by atoms with Gasteiger partial charge in [0.25, 0.3) is 0 Å². The van der Waals surface area contributed by atoms with E-state index in [9.17, 15) is 0 Å². The van der Waals surface area contributed by atoms with Crippen LogP contribution in [0.4, 0.5) is 0 Å². The van der Waals surface area contributed by atoms with E-state index in [0.29, 0.717) is 0 Å². The monoisotopic (exact) mass is 136 g/mol. The standard InChI is InChI=1S/C7H8N2O/c1-5-6-3-2-4-8-7(6)9-10-5/h2-6H,1H3. The van der Waals surface area contributed by atoms with Crippen molar-refractivity contribution in [3.05, 3.63) is 12.2 Å². The fraction of sp³-hybridized carbons (Fsp3) is 0.429. The fourth-order valence-corrected chi connectivity index (χ4v) is 1.11. The summed E-state index contributed by atoms with van der Waals surface area (Å²) >= 11 is 0. The highest BCUT2D eigenvalue weighted by molar-refractivity contribution is 5.98. The van der Waals surface area contributed by atoms with E-state index in [1.54, 1.807) is 6.21 Å². The lowest BCUT2D eigenvalue weighted by atomic mass is 10.0. The lowest BCUT2D eigenvalue weighted by molar-refractivity contribution is 0.0853. The van der Waals surface area contributed by atoms with Crippen molar-refractivity contribution in [2.45, 2.75) is 13.0 Å². The Morgan fingerprint density at radius 3 is 3.30 bits per heavy atom. The highest BCUT2D eigenvalue weighted by Crippen LogP contribution is 2.21. The summed E-state index contributed by atoms with van der Waals surface area (Å²) in [6, 6.07) is 0. The number of oxime groups is 1. The molecule has 52 valence electrons. The maximum atomic E-state index is 5.02. The minimum Gasteiger partial charge on any atom is -0.390 e. The fourth-order valence-electron chi connectivity index (χ4n) is 1.11. The first kappa shape index (κ1) is 5.65. The molecule has 2 aliphatic rings.